The summed E-state index contributed by atoms with van der Waals surface area (Å²) < 4.78 is 30.7. The van der Waals surface area contributed by atoms with Gasteiger partial charge in [-0.3, -0.25) is 4.55 Å². The van der Waals surface area contributed by atoms with Crippen molar-refractivity contribution in [1.82, 2.24) is 0 Å². The van der Waals surface area contributed by atoms with E-state index in [0.717, 1.165) is 0 Å². The van der Waals surface area contributed by atoms with Gasteiger partial charge in [-0.25, -0.2) is 9.59 Å². The number of hydrogen-bond acceptors (Lipinski definition) is 4. The molecule has 0 aliphatic carbocycles. The van der Waals surface area contributed by atoms with Gasteiger partial charge < -0.3 is 10.2 Å². The third kappa shape index (κ3) is 2.93. The number of carboxylic acid groups (broad SMARTS) is 2. The van der Waals surface area contributed by atoms with E-state index in [1.807, 2.05) is 0 Å². The standard InChI is InChI=1S/C10H8O7S/c11-9(12)7(6-4-2-1-3-5-6)8(10(13)14)18(15,16)17/h1-5H,(H,11,12)(H,13,14)(H,15,16,17)/b8-7-. The van der Waals surface area contributed by atoms with Crippen LogP contribution in [0.2, 0.25) is 0 Å². The molecular weight excluding hydrogens is 264 g/mol. The van der Waals surface area contributed by atoms with E-state index in [9.17, 15) is 18.0 Å². The Morgan fingerprint density at radius 1 is 0.944 bits per heavy atom. The molecule has 96 valence electrons. The fourth-order valence-corrected chi connectivity index (χ4v) is 1.99. The average Bonchev–Trinajstić information content (AvgIpc) is 2.24. The lowest BCUT2D eigenvalue weighted by Crippen LogP contribution is -2.18. The van der Waals surface area contributed by atoms with Crippen molar-refractivity contribution in [2.24, 2.45) is 0 Å². The van der Waals surface area contributed by atoms with E-state index < -0.39 is 32.5 Å². The fraction of sp³-hybridized carbons (Fsp3) is 0. The van der Waals surface area contributed by atoms with E-state index in [-0.39, 0.29) is 5.56 Å². The molecule has 0 aliphatic heterocycles. The van der Waals surface area contributed by atoms with Crippen LogP contribution < -0.4 is 0 Å². The summed E-state index contributed by atoms with van der Waals surface area (Å²) in [4.78, 5) is 20.2. The highest BCUT2D eigenvalue weighted by molar-refractivity contribution is 7.91. The first-order valence-corrected chi connectivity index (χ1v) is 5.93. The van der Waals surface area contributed by atoms with Crippen LogP contribution in [0.25, 0.3) is 5.57 Å². The molecule has 0 bridgehead atoms. The van der Waals surface area contributed by atoms with Crippen molar-refractivity contribution in [3.8, 4) is 0 Å². The molecule has 0 saturated carbocycles. The Morgan fingerprint density at radius 2 is 1.44 bits per heavy atom. The summed E-state index contributed by atoms with van der Waals surface area (Å²) in [6.45, 7) is 0. The quantitative estimate of drug-likeness (QED) is 0.536. The first kappa shape index (κ1) is 13.9. The van der Waals surface area contributed by atoms with Gasteiger partial charge in [0.25, 0.3) is 0 Å². The van der Waals surface area contributed by atoms with Crippen LogP contribution in [0.5, 0.6) is 0 Å². The van der Waals surface area contributed by atoms with E-state index in [1.165, 1.54) is 30.3 Å². The average molecular weight is 272 g/mol. The monoisotopic (exact) mass is 272 g/mol. The zero-order chi connectivity index (χ0) is 13.9. The minimum atomic E-state index is -5.16. The number of carbonyl (C=O) groups is 2. The lowest BCUT2D eigenvalue weighted by molar-refractivity contribution is -0.133. The smallest absolute Gasteiger partial charge is 0.350 e. The van der Waals surface area contributed by atoms with E-state index in [2.05, 4.69) is 0 Å². The normalized spacial score (nSPS) is 12.7. The first-order chi connectivity index (χ1) is 8.25. The maximum atomic E-state index is 11.0. The second-order valence-electron chi connectivity index (χ2n) is 3.16. The highest BCUT2D eigenvalue weighted by Gasteiger charge is 2.31. The molecule has 0 saturated heterocycles. The summed E-state index contributed by atoms with van der Waals surface area (Å²) in [6.07, 6.45) is 0. The lowest BCUT2D eigenvalue weighted by Gasteiger charge is -2.06. The Bertz CT molecular complexity index is 613. The summed E-state index contributed by atoms with van der Waals surface area (Å²) in [5.74, 6) is -3.81. The van der Waals surface area contributed by atoms with Gasteiger partial charge in [-0.15, -0.1) is 0 Å². The minimum absolute atomic E-state index is 0.139. The topological polar surface area (TPSA) is 129 Å². The predicted octanol–water partition coefficient (Wildman–Crippen LogP) is 0.455. The molecule has 0 spiro atoms. The summed E-state index contributed by atoms with van der Waals surface area (Å²) >= 11 is 0. The number of carboxylic acids is 2. The SMILES string of the molecule is O=C(O)/C(=C(/C(=O)O)S(=O)(=O)O)c1ccccc1. The number of aliphatic carboxylic acids is 2. The van der Waals surface area contributed by atoms with Crippen molar-refractivity contribution in [1.29, 1.82) is 0 Å². The predicted molar refractivity (Wildman–Crippen MR) is 60.2 cm³/mol. The molecule has 8 heteroatoms. The molecule has 7 nitrogen and oxygen atoms in total. The Morgan fingerprint density at radius 3 is 1.78 bits per heavy atom. The molecular formula is C10H8O7S. The molecule has 0 amide bonds. The molecule has 18 heavy (non-hydrogen) atoms. The van der Waals surface area contributed by atoms with Gasteiger partial charge in [-0.05, 0) is 5.56 Å². The van der Waals surface area contributed by atoms with Gasteiger partial charge in [0.1, 0.15) is 0 Å². The second kappa shape index (κ2) is 4.98. The van der Waals surface area contributed by atoms with Gasteiger partial charge >= 0.3 is 22.1 Å². The third-order valence-electron chi connectivity index (χ3n) is 1.96. The highest BCUT2D eigenvalue weighted by Crippen LogP contribution is 2.22. The molecule has 0 aromatic heterocycles. The summed E-state index contributed by atoms with van der Waals surface area (Å²) in [6, 6.07) is 6.79. The molecule has 1 aromatic carbocycles. The van der Waals surface area contributed by atoms with Crippen LogP contribution in [0.3, 0.4) is 0 Å². The molecule has 1 aromatic rings. The van der Waals surface area contributed by atoms with Crippen LogP contribution >= 0.6 is 0 Å². The second-order valence-corrected chi connectivity index (χ2v) is 4.51. The van der Waals surface area contributed by atoms with Crippen molar-refractivity contribution < 1.29 is 32.8 Å². The third-order valence-corrected chi connectivity index (χ3v) is 2.85. The Hall–Kier alpha value is -2.19. The van der Waals surface area contributed by atoms with Gasteiger partial charge in [0.15, 0.2) is 4.91 Å². The van der Waals surface area contributed by atoms with Gasteiger partial charge in [-0.2, -0.15) is 8.42 Å². The largest absolute Gasteiger partial charge is 0.478 e. The lowest BCUT2D eigenvalue weighted by atomic mass is 10.1. The summed E-state index contributed by atoms with van der Waals surface area (Å²) in [7, 11) is -5.16. The highest BCUT2D eigenvalue weighted by atomic mass is 32.2. The van der Waals surface area contributed by atoms with Gasteiger partial charge in [-0.1, -0.05) is 30.3 Å². The zero-order valence-electron chi connectivity index (χ0n) is 8.77. The maximum absolute atomic E-state index is 11.0. The van der Waals surface area contributed by atoms with E-state index >= 15 is 0 Å². The minimum Gasteiger partial charge on any atom is -0.478 e. The Kier molecular flexibility index (Phi) is 3.84. The van der Waals surface area contributed by atoms with Crippen molar-refractivity contribution in [2.75, 3.05) is 0 Å². The van der Waals surface area contributed by atoms with Gasteiger partial charge in [0.2, 0.25) is 0 Å². The number of benzene rings is 1. The van der Waals surface area contributed by atoms with Crippen LogP contribution in [0.15, 0.2) is 35.2 Å². The Balaban J connectivity index is 3.72. The molecule has 0 fully saturated rings. The van der Waals surface area contributed by atoms with Crippen LogP contribution in [0.4, 0.5) is 0 Å². The van der Waals surface area contributed by atoms with Crippen LogP contribution in [0, 0.1) is 0 Å². The molecule has 3 N–H and O–H groups in total. The first-order valence-electron chi connectivity index (χ1n) is 4.49. The zero-order valence-corrected chi connectivity index (χ0v) is 9.59. The summed E-state index contributed by atoms with van der Waals surface area (Å²) in [5.41, 5.74) is -1.13. The van der Waals surface area contributed by atoms with Crippen LogP contribution in [-0.2, 0) is 19.7 Å². The molecule has 0 unspecified atom stereocenters. The fourth-order valence-electron chi connectivity index (χ4n) is 1.30. The van der Waals surface area contributed by atoms with E-state index in [4.69, 9.17) is 14.8 Å². The van der Waals surface area contributed by atoms with Gasteiger partial charge in [0.05, 0.1) is 5.57 Å². The van der Waals surface area contributed by atoms with Crippen LogP contribution in [0.1, 0.15) is 5.56 Å². The van der Waals surface area contributed by atoms with Crippen molar-refractivity contribution >= 4 is 27.6 Å². The molecule has 0 atom stereocenters. The summed E-state index contributed by atoms with van der Waals surface area (Å²) in [5, 5.41) is 17.6. The molecule has 0 heterocycles. The van der Waals surface area contributed by atoms with E-state index in [0.29, 0.717) is 0 Å². The number of hydrogen-bond donors (Lipinski definition) is 3. The van der Waals surface area contributed by atoms with Crippen molar-refractivity contribution in [3.63, 3.8) is 0 Å². The van der Waals surface area contributed by atoms with E-state index in [1.54, 1.807) is 0 Å². The van der Waals surface area contributed by atoms with Crippen LogP contribution in [-0.4, -0.2) is 35.1 Å². The Labute approximate surface area is 102 Å². The maximum Gasteiger partial charge on any atom is 0.350 e. The number of rotatable bonds is 4. The molecule has 0 radical (unpaired) electrons. The van der Waals surface area contributed by atoms with Gasteiger partial charge in [0, 0.05) is 0 Å². The van der Waals surface area contributed by atoms with Crippen molar-refractivity contribution in [2.45, 2.75) is 0 Å². The van der Waals surface area contributed by atoms with Crippen molar-refractivity contribution in [3.05, 3.63) is 40.8 Å². The molecule has 1 rings (SSSR count). The molecule has 0 aliphatic rings.